The van der Waals surface area contributed by atoms with Crippen molar-refractivity contribution in [3.63, 3.8) is 0 Å². The van der Waals surface area contributed by atoms with Crippen molar-refractivity contribution in [1.82, 2.24) is 0 Å². The summed E-state index contributed by atoms with van der Waals surface area (Å²) in [7, 11) is -1.36. The number of hydrogen-bond donors (Lipinski definition) is 0. The van der Waals surface area contributed by atoms with Gasteiger partial charge in [-0.25, -0.2) is 12.2 Å². The fourth-order valence-corrected chi connectivity index (χ4v) is 2.95. The third-order valence-electron chi connectivity index (χ3n) is 3.26. The summed E-state index contributed by atoms with van der Waals surface area (Å²) >= 11 is 0. The molecule has 1 nitrogen and oxygen atoms in total. The second-order valence-electron chi connectivity index (χ2n) is 6.16. The fourth-order valence-electron chi connectivity index (χ4n) is 2.24. The number of rotatable bonds is 4. The van der Waals surface area contributed by atoms with Crippen LogP contribution in [0, 0.1) is 6.08 Å². The first kappa shape index (κ1) is 26.2. The zero-order chi connectivity index (χ0) is 15.1. The van der Waals surface area contributed by atoms with Crippen molar-refractivity contribution in [2.24, 2.45) is 0 Å². The Hall–Kier alpha value is -0.0500. The Balaban J connectivity index is 0. The van der Waals surface area contributed by atoms with Gasteiger partial charge in [-0.2, -0.15) is 12.1 Å². The van der Waals surface area contributed by atoms with Gasteiger partial charge in [-0.05, 0) is 26.1 Å². The van der Waals surface area contributed by atoms with Crippen LogP contribution in [-0.2, 0) is 37.1 Å². The molecule has 0 radical (unpaired) electrons. The van der Waals surface area contributed by atoms with Crippen LogP contribution in [0.25, 0.3) is 10.8 Å². The molecule has 1 aliphatic carbocycles. The van der Waals surface area contributed by atoms with Crippen molar-refractivity contribution in [1.29, 1.82) is 0 Å². The summed E-state index contributed by atoms with van der Waals surface area (Å²) in [5.41, 5.74) is 1.41. The molecular formula is C19H26Cl2OSiZr. The van der Waals surface area contributed by atoms with Gasteiger partial charge in [0.1, 0.15) is 0 Å². The summed E-state index contributed by atoms with van der Waals surface area (Å²) in [6.45, 7) is 7.55. The van der Waals surface area contributed by atoms with E-state index in [2.05, 4.69) is 68.2 Å². The number of halogens is 2. The van der Waals surface area contributed by atoms with E-state index in [0.29, 0.717) is 0 Å². The Bertz CT molecular complexity index is 620. The van der Waals surface area contributed by atoms with Crippen LogP contribution >= 0.6 is 24.8 Å². The number of hydrogen-bond acceptors (Lipinski definition) is 1. The van der Waals surface area contributed by atoms with Gasteiger partial charge in [-0.1, -0.05) is 6.07 Å². The molecule has 0 aliphatic heterocycles. The van der Waals surface area contributed by atoms with Crippen molar-refractivity contribution in [2.75, 3.05) is 6.61 Å². The van der Waals surface area contributed by atoms with Gasteiger partial charge >= 0.3 is 26.2 Å². The Labute approximate surface area is 179 Å². The second kappa shape index (κ2) is 13.2. The Kier molecular flexibility index (Phi) is 14.4. The quantitative estimate of drug-likeness (QED) is 0.396. The van der Waals surface area contributed by atoms with Gasteiger partial charge in [0.25, 0.3) is 0 Å². The van der Waals surface area contributed by atoms with Crippen molar-refractivity contribution in [2.45, 2.75) is 32.5 Å². The minimum atomic E-state index is -1.36. The summed E-state index contributed by atoms with van der Waals surface area (Å²) in [5, 5.41) is 2.71. The standard InChI is InChI=1S/C14H19OSi.C5H5.2ClH.Zr/c1-16(2,3)15-11-10-13-9-8-12-6-4-5-7-14(12)13;1-2-4-5-3-1;;;/h4-9H,10-11H2,1-3H3;1-3H,4H2;2*1H;/q2*-1;;;+2. The summed E-state index contributed by atoms with van der Waals surface area (Å²) in [5.74, 6) is 0. The Morgan fingerprint density at radius 2 is 1.83 bits per heavy atom. The van der Waals surface area contributed by atoms with E-state index in [1.54, 1.807) is 0 Å². The summed E-state index contributed by atoms with van der Waals surface area (Å²) in [6, 6.07) is 13.0. The first-order chi connectivity index (χ1) is 10.1. The van der Waals surface area contributed by atoms with E-state index in [1.807, 2.05) is 12.2 Å². The molecule has 0 aromatic heterocycles. The average Bonchev–Trinajstić information content (AvgIpc) is 3.10. The van der Waals surface area contributed by atoms with Crippen molar-refractivity contribution in [3.05, 3.63) is 66.3 Å². The first-order valence-electron chi connectivity index (χ1n) is 7.55. The fraction of sp³-hybridized carbons (Fsp3) is 0.316. The van der Waals surface area contributed by atoms with Crippen molar-refractivity contribution >= 4 is 43.9 Å². The van der Waals surface area contributed by atoms with Gasteiger partial charge in [0.2, 0.25) is 0 Å². The topological polar surface area (TPSA) is 9.23 Å². The van der Waals surface area contributed by atoms with E-state index >= 15 is 0 Å². The Morgan fingerprint density at radius 3 is 2.38 bits per heavy atom. The minimum absolute atomic E-state index is 0. The van der Waals surface area contributed by atoms with Crippen LogP contribution in [0.15, 0.2) is 54.6 Å². The van der Waals surface area contributed by atoms with Gasteiger partial charge < -0.3 is 4.43 Å². The minimum Gasteiger partial charge on any atom is -0.418 e. The molecular weight excluding hydrogens is 434 g/mol. The molecule has 0 amide bonds. The molecule has 2 aromatic carbocycles. The third kappa shape index (κ3) is 9.44. The maximum absolute atomic E-state index is 5.89. The van der Waals surface area contributed by atoms with E-state index in [1.165, 1.54) is 16.3 Å². The van der Waals surface area contributed by atoms with Crippen molar-refractivity contribution in [3.8, 4) is 0 Å². The maximum Gasteiger partial charge on any atom is 2.00 e. The molecule has 0 unspecified atom stereocenters. The molecule has 24 heavy (non-hydrogen) atoms. The zero-order valence-electron chi connectivity index (χ0n) is 14.5. The molecule has 0 N–H and O–H groups in total. The molecule has 0 bridgehead atoms. The molecule has 1 aliphatic rings. The molecule has 2 aromatic rings. The molecule has 0 saturated heterocycles. The molecule has 3 rings (SSSR count). The van der Waals surface area contributed by atoms with Gasteiger partial charge in [0, 0.05) is 6.61 Å². The van der Waals surface area contributed by atoms with Gasteiger partial charge in [0.15, 0.2) is 8.32 Å². The predicted octanol–water partition coefficient (Wildman–Crippen LogP) is 6.10. The van der Waals surface area contributed by atoms with Crippen LogP contribution in [0.5, 0.6) is 0 Å². The molecule has 5 heteroatoms. The largest absolute Gasteiger partial charge is 2.00 e. The van der Waals surface area contributed by atoms with E-state index in [-0.39, 0.29) is 51.0 Å². The van der Waals surface area contributed by atoms with E-state index in [9.17, 15) is 0 Å². The van der Waals surface area contributed by atoms with Gasteiger partial charge in [-0.15, -0.1) is 71.8 Å². The van der Waals surface area contributed by atoms with Crippen molar-refractivity contribution < 1.29 is 30.6 Å². The number of benzene rings is 1. The SMILES string of the molecule is C[Si](C)(C)OCC[c-]1ccc2ccccc21.Cl.Cl.[C-]1=CC=CC1.[Zr+2]. The second-order valence-corrected chi connectivity index (χ2v) is 10.7. The predicted molar refractivity (Wildman–Crippen MR) is 109 cm³/mol. The van der Waals surface area contributed by atoms with Crippen LogP contribution in [0.1, 0.15) is 12.0 Å². The number of fused-ring (bicyclic) bond motifs is 1. The molecule has 0 atom stereocenters. The van der Waals surface area contributed by atoms with Crippen LogP contribution in [0.2, 0.25) is 19.6 Å². The van der Waals surface area contributed by atoms with Gasteiger partial charge in [0.05, 0.1) is 0 Å². The summed E-state index contributed by atoms with van der Waals surface area (Å²) in [6.07, 6.45) is 11.0. The number of allylic oxidation sites excluding steroid dienone is 4. The summed E-state index contributed by atoms with van der Waals surface area (Å²) in [4.78, 5) is 0. The average molecular weight is 461 g/mol. The third-order valence-corrected chi connectivity index (χ3v) is 4.33. The van der Waals surface area contributed by atoms with E-state index in [4.69, 9.17) is 4.43 Å². The van der Waals surface area contributed by atoms with Crippen LogP contribution in [0.3, 0.4) is 0 Å². The van der Waals surface area contributed by atoms with E-state index in [0.717, 1.165) is 19.4 Å². The molecule has 0 fully saturated rings. The van der Waals surface area contributed by atoms with Crippen LogP contribution in [0.4, 0.5) is 0 Å². The Morgan fingerprint density at radius 1 is 1.12 bits per heavy atom. The van der Waals surface area contributed by atoms with Crippen LogP contribution < -0.4 is 0 Å². The molecule has 0 saturated carbocycles. The normalized spacial score (nSPS) is 11.8. The monoisotopic (exact) mass is 458 g/mol. The van der Waals surface area contributed by atoms with Gasteiger partial charge in [-0.3, -0.25) is 6.08 Å². The molecule has 0 heterocycles. The smallest absolute Gasteiger partial charge is 0.418 e. The molecule has 0 spiro atoms. The van der Waals surface area contributed by atoms with Crippen LogP contribution in [-0.4, -0.2) is 14.9 Å². The maximum atomic E-state index is 5.89. The molecule has 130 valence electrons. The first-order valence-corrected chi connectivity index (χ1v) is 11.0. The van der Waals surface area contributed by atoms with E-state index < -0.39 is 8.32 Å². The zero-order valence-corrected chi connectivity index (χ0v) is 19.6. The summed E-state index contributed by atoms with van der Waals surface area (Å²) < 4.78 is 5.89.